The highest BCUT2D eigenvalue weighted by Gasteiger charge is 2.43. The summed E-state index contributed by atoms with van der Waals surface area (Å²) in [5.41, 5.74) is 5.36. The lowest BCUT2D eigenvalue weighted by Gasteiger charge is -2.30. The molecule has 1 aliphatic heterocycles. The molecule has 8 nitrogen and oxygen atoms in total. The molecule has 3 aromatic carbocycles. The second-order valence-corrected chi connectivity index (χ2v) is 9.76. The fraction of sp³-hybridized carbons (Fsp3) is 0.120. The number of benzene rings is 3. The number of carbonyl (C=O) groups is 2. The van der Waals surface area contributed by atoms with Crippen molar-refractivity contribution in [3.8, 4) is 0 Å². The summed E-state index contributed by atoms with van der Waals surface area (Å²) >= 11 is 0. The molecule has 1 aromatic heterocycles. The number of carbonyl (C=O) groups excluding carboxylic acids is 2. The maximum atomic E-state index is 13.4. The first-order valence-corrected chi connectivity index (χ1v) is 12.2. The minimum atomic E-state index is -3.96. The number of hydrogen-bond acceptors (Lipinski definition) is 4. The molecule has 1 aliphatic rings. The van der Waals surface area contributed by atoms with Gasteiger partial charge in [0.25, 0.3) is 21.8 Å². The molecular weight excluding hydrogens is 452 g/mol. The van der Waals surface area contributed by atoms with E-state index in [1.54, 1.807) is 37.3 Å². The summed E-state index contributed by atoms with van der Waals surface area (Å²) in [5.74, 6) is -0.940. The number of H-pyrrole nitrogens is 1. The molecule has 2 heterocycles. The van der Waals surface area contributed by atoms with E-state index in [0.717, 1.165) is 22.0 Å². The summed E-state index contributed by atoms with van der Waals surface area (Å²) in [4.78, 5) is 33.3. The number of aromatic amines is 1. The van der Waals surface area contributed by atoms with Crippen LogP contribution in [0.4, 0.5) is 0 Å². The molecule has 2 atom stereocenters. The van der Waals surface area contributed by atoms with Crippen molar-refractivity contribution in [1.82, 2.24) is 20.1 Å². The number of nitrogens with one attached hydrogen (secondary N) is 3. The SMILES string of the molecule is CC(C(=O)NNS(=O)(=O)c1ccccc1)N1C(=O)c2ccccc2C1c1c[nH]c2ccccc12. The highest BCUT2D eigenvalue weighted by atomic mass is 32.2. The first kappa shape index (κ1) is 21.9. The number of hydrogen-bond donors (Lipinski definition) is 3. The first-order chi connectivity index (χ1) is 16.4. The third-order valence-corrected chi connectivity index (χ3v) is 7.34. The normalized spacial score (nSPS) is 16.4. The van der Waals surface area contributed by atoms with Crippen LogP contribution >= 0.6 is 0 Å². The van der Waals surface area contributed by atoms with E-state index in [1.165, 1.54) is 17.0 Å². The van der Waals surface area contributed by atoms with Crippen molar-refractivity contribution in [1.29, 1.82) is 0 Å². The molecule has 0 aliphatic carbocycles. The zero-order valence-electron chi connectivity index (χ0n) is 18.2. The molecule has 0 fully saturated rings. The Kier molecular flexibility index (Phi) is 5.43. The van der Waals surface area contributed by atoms with Gasteiger partial charge in [0.15, 0.2) is 0 Å². The second kappa shape index (κ2) is 8.44. The van der Waals surface area contributed by atoms with Gasteiger partial charge in [-0.05, 0) is 36.8 Å². The number of hydrazine groups is 1. The minimum absolute atomic E-state index is 0.0178. The van der Waals surface area contributed by atoms with Gasteiger partial charge in [0, 0.05) is 28.2 Å². The number of aromatic nitrogens is 1. The van der Waals surface area contributed by atoms with Crippen LogP contribution in [0.3, 0.4) is 0 Å². The van der Waals surface area contributed by atoms with E-state index in [1.807, 2.05) is 42.6 Å². The molecule has 0 bridgehead atoms. The molecule has 3 N–H and O–H groups in total. The predicted molar refractivity (Wildman–Crippen MR) is 127 cm³/mol. The first-order valence-electron chi connectivity index (χ1n) is 10.7. The molecule has 0 saturated heterocycles. The van der Waals surface area contributed by atoms with Crippen LogP contribution in [0.2, 0.25) is 0 Å². The largest absolute Gasteiger partial charge is 0.361 e. The number of amides is 2. The molecule has 5 rings (SSSR count). The number of fused-ring (bicyclic) bond motifs is 2. The average molecular weight is 475 g/mol. The van der Waals surface area contributed by atoms with E-state index in [9.17, 15) is 18.0 Å². The highest BCUT2D eigenvalue weighted by Crippen LogP contribution is 2.42. The zero-order valence-corrected chi connectivity index (χ0v) is 19.0. The van der Waals surface area contributed by atoms with Gasteiger partial charge in [-0.15, -0.1) is 4.83 Å². The van der Waals surface area contributed by atoms with Crippen LogP contribution in [0.1, 0.15) is 34.5 Å². The molecule has 172 valence electrons. The van der Waals surface area contributed by atoms with Crippen LogP contribution in [0.5, 0.6) is 0 Å². The zero-order chi connectivity index (χ0) is 23.9. The van der Waals surface area contributed by atoms with Crippen molar-refractivity contribution in [2.75, 3.05) is 0 Å². The third kappa shape index (κ3) is 3.64. The quantitative estimate of drug-likeness (QED) is 0.373. The molecular formula is C25H22N4O4S. The van der Waals surface area contributed by atoms with E-state index in [-0.39, 0.29) is 10.8 Å². The van der Waals surface area contributed by atoms with E-state index < -0.39 is 28.0 Å². The number of sulfonamides is 1. The van der Waals surface area contributed by atoms with E-state index in [4.69, 9.17) is 0 Å². The van der Waals surface area contributed by atoms with Gasteiger partial charge in [-0.1, -0.05) is 54.6 Å². The van der Waals surface area contributed by atoms with Crippen LogP contribution < -0.4 is 10.3 Å². The summed E-state index contributed by atoms with van der Waals surface area (Å²) in [6.07, 6.45) is 1.85. The van der Waals surface area contributed by atoms with Crippen molar-refractivity contribution < 1.29 is 18.0 Å². The lowest BCUT2D eigenvalue weighted by molar-refractivity contribution is -0.126. The van der Waals surface area contributed by atoms with Gasteiger partial charge in [-0.25, -0.2) is 8.42 Å². The predicted octanol–water partition coefficient (Wildman–Crippen LogP) is 3.11. The van der Waals surface area contributed by atoms with Crippen LogP contribution in [0.15, 0.2) is 90.0 Å². The number of nitrogens with zero attached hydrogens (tertiary/aromatic N) is 1. The smallest absolute Gasteiger partial charge is 0.257 e. The van der Waals surface area contributed by atoms with Gasteiger partial charge in [0.1, 0.15) is 6.04 Å². The van der Waals surface area contributed by atoms with Gasteiger partial charge in [-0.2, -0.15) is 0 Å². The molecule has 2 unspecified atom stereocenters. The van der Waals surface area contributed by atoms with Gasteiger partial charge < -0.3 is 9.88 Å². The summed E-state index contributed by atoms with van der Waals surface area (Å²) in [5, 5.41) is 0.944. The Labute approximate surface area is 196 Å². The lowest BCUT2D eigenvalue weighted by Crippen LogP contribution is -2.52. The van der Waals surface area contributed by atoms with Crippen molar-refractivity contribution in [3.05, 3.63) is 102 Å². The summed E-state index contributed by atoms with van der Waals surface area (Å²) in [6, 6.07) is 21.2. The molecule has 0 spiro atoms. The Hall–Kier alpha value is -3.95. The van der Waals surface area contributed by atoms with E-state index >= 15 is 0 Å². The van der Waals surface area contributed by atoms with Crippen molar-refractivity contribution in [2.45, 2.75) is 23.9 Å². The van der Waals surface area contributed by atoms with Crippen molar-refractivity contribution in [3.63, 3.8) is 0 Å². The van der Waals surface area contributed by atoms with Gasteiger partial charge >= 0.3 is 0 Å². The molecule has 2 amide bonds. The van der Waals surface area contributed by atoms with E-state index in [0.29, 0.717) is 5.56 Å². The Morgan fingerprint density at radius 3 is 2.41 bits per heavy atom. The van der Waals surface area contributed by atoms with Gasteiger partial charge in [0.05, 0.1) is 10.9 Å². The van der Waals surface area contributed by atoms with Crippen molar-refractivity contribution in [2.24, 2.45) is 0 Å². The van der Waals surface area contributed by atoms with Gasteiger partial charge in [0.2, 0.25) is 0 Å². The molecule has 0 radical (unpaired) electrons. The van der Waals surface area contributed by atoms with Crippen LogP contribution in [0, 0.1) is 0 Å². The topological polar surface area (TPSA) is 111 Å². The van der Waals surface area contributed by atoms with Crippen LogP contribution in [-0.2, 0) is 14.8 Å². The Morgan fingerprint density at radius 1 is 0.941 bits per heavy atom. The maximum Gasteiger partial charge on any atom is 0.257 e. The Bertz CT molecular complexity index is 1500. The summed E-state index contributed by atoms with van der Waals surface area (Å²) in [6.45, 7) is 1.58. The second-order valence-electron chi connectivity index (χ2n) is 8.08. The fourth-order valence-corrected chi connectivity index (χ4v) is 5.25. The average Bonchev–Trinajstić information content (AvgIpc) is 3.41. The number of rotatable bonds is 6. The standard InChI is InChI=1S/C25H22N4O4S/c1-16(24(30)27-28-34(32,33)17-9-3-2-4-10-17)29-23(19-12-5-6-13-20(19)25(29)31)21-15-26-22-14-8-7-11-18(21)22/h2-16,23,26,28H,1H3,(H,27,30). The monoisotopic (exact) mass is 474 g/mol. The van der Waals surface area contributed by atoms with E-state index in [2.05, 4.69) is 15.2 Å². The lowest BCUT2D eigenvalue weighted by atomic mass is 9.97. The molecule has 9 heteroatoms. The molecule has 4 aromatic rings. The maximum absolute atomic E-state index is 13.4. The third-order valence-electron chi connectivity index (χ3n) is 6.07. The molecule has 0 saturated carbocycles. The van der Waals surface area contributed by atoms with Crippen LogP contribution in [0.25, 0.3) is 10.9 Å². The highest BCUT2D eigenvalue weighted by molar-refractivity contribution is 7.89. The summed E-state index contributed by atoms with van der Waals surface area (Å²) < 4.78 is 25.0. The Morgan fingerprint density at radius 2 is 1.62 bits per heavy atom. The van der Waals surface area contributed by atoms with Crippen molar-refractivity contribution >= 4 is 32.7 Å². The summed E-state index contributed by atoms with van der Waals surface area (Å²) in [7, 11) is -3.96. The molecule has 34 heavy (non-hydrogen) atoms. The Balaban J connectivity index is 1.46. The van der Waals surface area contributed by atoms with Gasteiger partial charge in [-0.3, -0.25) is 15.0 Å². The minimum Gasteiger partial charge on any atom is -0.361 e. The fourth-order valence-electron chi connectivity index (χ4n) is 4.38. The number of para-hydroxylation sites is 1. The van der Waals surface area contributed by atoms with Crippen LogP contribution in [-0.4, -0.2) is 36.2 Å².